The molecule has 0 aromatic rings. The van der Waals surface area contributed by atoms with Crippen molar-refractivity contribution >= 4 is 17.7 Å². The standard InChI is InChI=1S/C17H24O5/c1-4-7-12-13-10-17(15(19)21-5-2,16(20)22-6-3)9-11(13)8-14(12)18/h11H,4-10H2,1-3H3/t11-/m1/s1. The molecule has 0 saturated heterocycles. The summed E-state index contributed by atoms with van der Waals surface area (Å²) in [6.45, 7) is 5.91. The largest absolute Gasteiger partial charge is 0.465 e. The maximum absolute atomic E-state index is 12.4. The van der Waals surface area contributed by atoms with Crippen molar-refractivity contribution in [3.8, 4) is 0 Å². The van der Waals surface area contributed by atoms with Crippen molar-refractivity contribution in [3.63, 3.8) is 0 Å². The summed E-state index contributed by atoms with van der Waals surface area (Å²) in [5.41, 5.74) is 0.544. The molecular formula is C17H24O5. The van der Waals surface area contributed by atoms with Crippen molar-refractivity contribution in [2.45, 2.75) is 52.9 Å². The van der Waals surface area contributed by atoms with E-state index in [0.29, 0.717) is 19.3 Å². The lowest BCUT2D eigenvalue weighted by Crippen LogP contribution is -2.40. The summed E-state index contributed by atoms with van der Waals surface area (Å²) in [4.78, 5) is 37.0. The number of fused-ring (bicyclic) bond motifs is 1. The minimum Gasteiger partial charge on any atom is -0.465 e. The van der Waals surface area contributed by atoms with Crippen LogP contribution in [-0.2, 0) is 23.9 Å². The molecule has 0 spiro atoms. The molecule has 5 nitrogen and oxygen atoms in total. The van der Waals surface area contributed by atoms with Crippen LogP contribution in [0, 0.1) is 11.3 Å². The fraction of sp³-hybridized carbons (Fsp3) is 0.706. The Morgan fingerprint density at radius 2 is 1.73 bits per heavy atom. The number of rotatable bonds is 6. The van der Waals surface area contributed by atoms with Gasteiger partial charge in [-0.15, -0.1) is 0 Å². The van der Waals surface area contributed by atoms with Crippen LogP contribution in [0.4, 0.5) is 0 Å². The van der Waals surface area contributed by atoms with E-state index >= 15 is 0 Å². The molecule has 1 saturated carbocycles. The predicted octanol–water partition coefficient (Wildman–Crippen LogP) is 2.58. The van der Waals surface area contributed by atoms with Crippen molar-refractivity contribution in [2.75, 3.05) is 13.2 Å². The summed E-state index contributed by atoms with van der Waals surface area (Å²) >= 11 is 0. The molecule has 0 aromatic heterocycles. The molecule has 0 heterocycles. The minimum absolute atomic E-state index is 0.0112. The van der Waals surface area contributed by atoms with E-state index in [2.05, 4.69) is 0 Å². The first-order valence-electron chi connectivity index (χ1n) is 8.09. The minimum atomic E-state index is -1.26. The van der Waals surface area contributed by atoms with Gasteiger partial charge in [0.2, 0.25) is 0 Å². The molecule has 1 fully saturated rings. The summed E-state index contributed by atoms with van der Waals surface area (Å²) < 4.78 is 10.3. The molecule has 22 heavy (non-hydrogen) atoms. The SMILES string of the molecule is CCCC1=C2CC(C(=O)OCC)(C(=O)OCC)C[C@H]2CC1=O. The van der Waals surface area contributed by atoms with Crippen molar-refractivity contribution in [2.24, 2.45) is 11.3 Å². The van der Waals surface area contributed by atoms with E-state index in [9.17, 15) is 14.4 Å². The van der Waals surface area contributed by atoms with E-state index in [4.69, 9.17) is 9.47 Å². The zero-order valence-corrected chi connectivity index (χ0v) is 13.6. The molecule has 0 aliphatic heterocycles. The highest BCUT2D eigenvalue weighted by Crippen LogP contribution is 2.53. The van der Waals surface area contributed by atoms with E-state index in [1.54, 1.807) is 13.8 Å². The highest BCUT2D eigenvalue weighted by Gasteiger charge is 2.58. The molecule has 2 rings (SSSR count). The number of allylic oxidation sites excluding steroid dienone is 2. The molecule has 1 atom stereocenters. The topological polar surface area (TPSA) is 69.7 Å². The van der Waals surface area contributed by atoms with E-state index < -0.39 is 17.4 Å². The predicted molar refractivity (Wildman–Crippen MR) is 80.0 cm³/mol. The Morgan fingerprint density at radius 3 is 2.23 bits per heavy atom. The smallest absolute Gasteiger partial charge is 0.323 e. The monoisotopic (exact) mass is 308 g/mol. The van der Waals surface area contributed by atoms with Crippen LogP contribution in [0.25, 0.3) is 0 Å². The van der Waals surface area contributed by atoms with E-state index in [0.717, 1.165) is 17.6 Å². The highest BCUT2D eigenvalue weighted by atomic mass is 16.6. The van der Waals surface area contributed by atoms with Gasteiger partial charge in [0.15, 0.2) is 11.2 Å². The van der Waals surface area contributed by atoms with E-state index in [1.807, 2.05) is 6.92 Å². The summed E-state index contributed by atoms with van der Waals surface area (Å²) in [6, 6.07) is 0. The van der Waals surface area contributed by atoms with E-state index in [-0.39, 0.29) is 31.3 Å². The molecule has 2 aliphatic rings. The van der Waals surface area contributed by atoms with Crippen molar-refractivity contribution in [1.29, 1.82) is 0 Å². The molecule has 2 aliphatic carbocycles. The third-order valence-electron chi connectivity index (χ3n) is 4.57. The van der Waals surface area contributed by atoms with Crippen LogP contribution >= 0.6 is 0 Å². The number of carbonyl (C=O) groups is 3. The Bertz CT molecular complexity index is 499. The number of Topliss-reactive ketones (excluding diaryl/α,β-unsaturated/α-hetero) is 1. The van der Waals surface area contributed by atoms with Gasteiger partial charge in [-0.2, -0.15) is 0 Å². The fourth-order valence-electron chi connectivity index (χ4n) is 3.64. The normalized spacial score (nSPS) is 22.7. The first-order valence-corrected chi connectivity index (χ1v) is 8.09. The van der Waals surface area contributed by atoms with Gasteiger partial charge in [-0.05, 0) is 44.6 Å². The van der Waals surface area contributed by atoms with Crippen LogP contribution in [0.3, 0.4) is 0 Å². The Morgan fingerprint density at radius 1 is 1.14 bits per heavy atom. The van der Waals surface area contributed by atoms with Gasteiger partial charge in [-0.1, -0.05) is 18.9 Å². The maximum atomic E-state index is 12.4. The number of ketones is 1. The van der Waals surface area contributed by atoms with Gasteiger partial charge in [0, 0.05) is 6.42 Å². The Hall–Kier alpha value is -1.65. The Labute approximate surface area is 131 Å². The van der Waals surface area contributed by atoms with Gasteiger partial charge >= 0.3 is 11.9 Å². The number of hydrogen-bond acceptors (Lipinski definition) is 5. The van der Waals surface area contributed by atoms with Gasteiger partial charge in [0.1, 0.15) is 0 Å². The third-order valence-corrected chi connectivity index (χ3v) is 4.57. The quantitative estimate of drug-likeness (QED) is 0.557. The van der Waals surface area contributed by atoms with Gasteiger partial charge in [0.05, 0.1) is 13.2 Å². The average molecular weight is 308 g/mol. The molecule has 0 aromatic carbocycles. The second kappa shape index (κ2) is 6.63. The molecule has 122 valence electrons. The average Bonchev–Trinajstić information content (AvgIpc) is 2.97. The van der Waals surface area contributed by atoms with Crippen molar-refractivity contribution < 1.29 is 23.9 Å². The third kappa shape index (κ3) is 2.69. The lowest BCUT2D eigenvalue weighted by atomic mass is 9.83. The molecule has 0 N–H and O–H groups in total. The molecule has 0 radical (unpaired) electrons. The van der Waals surface area contributed by atoms with Gasteiger partial charge in [0.25, 0.3) is 0 Å². The van der Waals surface area contributed by atoms with Crippen LogP contribution in [0.2, 0.25) is 0 Å². The van der Waals surface area contributed by atoms with Crippen molar-refractivity contribution in [3.05, 3.63) is 11.1 Å². The van der Waals surface area contributed by atoms with Crippen LogP contribution < -0.4 is 0 Å². The number of esters is 2. The van der Waals surface area contributed by atoms with E-state index in [1.165, 1.54) is 0 Å². The second-order valence-electron chi connectivity index (χ2n) is 5.98. The first kappa shape index (κ1) is 16.7. The van der Waals surface area contributed by atoms with Gasteiger partial charge < -0.3 is 9.47 Å². The fourth-order valence-corrected chi connectivity index (χ4v) is 3.64. The van der Waals surface area contributed by atoms with Crippen LogP contribution in [0.1, 0.15) is 52.9 Å². The summed E-state index contributed by atoms with van der Waals surface area (Å²) in [6.07, 6.45) is 2.61. The Balaban J connectivity index is 2.36. The Kier molecular flexibility index (Phi) is 5.04. The second-order valence-corrected chi connectivity index (χ2v) is 5.98. The number of carbonyl (C=O) groups excluding carboxylic acids is 3. The van der Waals surface area contributed by atoms with Crippen molar-refractivity contribution in [1.82, 2.24) is 0 Å². The number of ether oxygens (including phenoxy) is 2. The maximum Gasteiger partial charge on any atom is 0.323 e. The zero-order chi connectivity index (χ0) is 16.3. The molecule has 5 heteroatoms. The zero-order valence-electron chi connectivity index (χ0n) is 13.6. The van der Waals surface area contributed by atoms with Crippen LogP contribution in [0.5, 0.6) is 0 Å². The lowest BCUT2D eigenvalue weighted by Gasteiger charge is -2.24. The summed E-state index contributed by atoms with van der Waals surface area (Å²) in [5, 5.41) is 0. The summed E-state index contributed by atoms with van der Waals surface area (Å²) in [7, 11) is 0. The van der Waals surface area contributed by atoms with Gasteiger partial charge in [-0.25, -0.2) is 0 Å². The molecule has 0 bridgehead atoms. The first-order chi connectivity index (χ1) is 10.5. The van der Waals surface area contributed by atoms with Gasteiger partial charge in [-0.3, -0.25) is 14.4 Å². The molecule has 0 amide bonds. The molecule has 0 unspecified atom stereocenters. The van der Waals surface area contributed by atoms with Crippen LogP contribution in [-0.4, -0.2) is 30.9 Å². The highest BCUT2D eigenvalue weighted by molar-refractivity contribution is 6.04. The van der Waals surface area contributed by atoms with Crippen LogP contribution in [0.15, 0.2) is 11.1 Å². The molecular weight excluding hydrogens is 284 g/mol. The summed E-state index contributed by atoms with van der Waals surface area (Å²) in [5.74, 6) is -0.872. The number of hydrogen-bond donors (Lipinski definition) is 0. The lowest BCUT2D eigenvalue weighted by molar-refractivity contribution is -0.171.